The summed E-state index contributed by atoms with van der Waals surface area (Å²) >= 11 is 5.86. The van der Waals surface area contributed by atoms with Crippen molar-refractivity contribution in [3.8, 4) is 0 Å². The van der Waals surface area contributed by atoms with Crippen molar-refractivity contribution in [3.63, 3.8) is 0 Å². The Morgan fingerprint density at radius 1 is 1.43 bits per heavy atom. The van der Waals surface area contributed by atoms with E-state index in [2.05, 4.69) is 10.5 Å². The van der Waals surface area contributed by atoms with E-state index in [4.69, 9.17) is 16.1 Å². The molecule has 2 rings (SSSR count). The molecule has 21 heavy (non-hydrogen) atoms. The number of rotatable bonds is 5. The summed E-state index contributed by atoms with van der Waals surface area (Å²) in [6.07, 6.45) is 0. The second kappa shape index (κ2) is 6.74. The predicted octanol–water partition coefficient (Wildman–Crippen LogP) is 3.10. The van der Waals surface area contributed by atoms with Crippen LogP contribution in [0.1, 0.15) is 18.2 Å². The first-order chi connectivity index (χ1) is 9.95. The first kappa shape index (κ1) is 15.5. The summed E-state index contributed by atoms with van der Waals surface area (Å²) in [4.78, 5) is 14.1. The van der Waals surface area contributed by atoms with Crippen molar-refractivity contribution in [2.75, 3.05) is 12.4 Å². The molecule has 0 aliphatic heterocycles. The number of hydrogen-bond donors (Lipinski definition) is 1. The third-order valence-electron chi connectivity index (χ3n) is 3.27. The normalized spacial score (nSPS) is 12.4. The molecule has 1 atom stereocenters. The fraction of sp³-hybridized carbons (Fsp3) is 0.333. The molecule has 0 radical (unpaired) electrons. The molecule has 112 valence electrons. The first-order valence-corrected chi connectivity index (χ1v) is 7.02. The number of halogens is 1. The van der Waals surface area contributed by atoms with Gasteiger partial charge in [0.25, 0.3) is 0 Å². The largest absolute Gasteiger partial charge is 0.360 e. The molecule has 0 aliphatic carbocycles. The van der Waals surface area contributed by atoms with Crippen LogP contribution in [-0.4, -0.2) is 29.1 Å². The quantitative estimate of drug-likeness (QED) is 0.922. The van der Waals surface area contributed by atoms with E-state index in [0.29, 0.717) is 23.1 Å². The Morgan fingerprint density at radius 3 is 2.67 bits per heavy atom. The molecule has 0 saturated carbocycles. The minimum absolute atomic E-state index is 0.125. The van der Waals surface area contributed by atoms with Crippen LogP contribution >= 0.6 is 11.6 Å². The van der Waals surface area contributed by atoms with Gasteiger partial charge >= 0.3 is 0 Å². The summed E-state index contributed by atoms with van der Waals surface area (Å²) in [6, 6.07) is 8.97. The van der Waals surface area contributed by atoms with Gasteiger partial charge < -0.3 is 9.84 Å². The van der Waals surface area contributed by atoms with Crippen LogP contribution in [0.3, 0.4) is 0 Å². The van der Waals surface area contributed by atoms with Crippen molar-refractivity contribution in [2.24, 2.45) is 0 Å². The zero-order valence-electron chi connectivity index (χ0n) is 12.3. The molecule has 1 aromatic carbocycles. The van der Waals surface area contributed by atoms with Crippen LogP contribution in [-0.2, 0) is 11.3 Å². The SMILES string of the molecule is Cc1cc(NC(=O)C(C)N(C)Cc2ccc(Cl)cc2)no1. The maximum Gasteiger partial charge on any atom is 0.242 e. The Balaban J connectivity index is 1.93. The Kier molecular flexibility index (Phi) is 4.98. The topological polar surface area (TPSA) is 58.4 Å². The number of hydrogen-bond acceptors (Lipinski definition) is 4. The van der Waals surface area contributed by atoms with E-state index in [1.165, 1.54) is 0 Å². The van der Waals surface area contributed by atoms with Crippen LogP contribution in [0, 0.1) is 6.92 Å². The van der Waals surface area contributed by atoms with Crippen LogP contribution in [0.4, 0.5) is 5.82 Å². The minimum Gasteiger partial charge on any atom is -0.360 e. The highest BCUT2D eigenvalue weighted by atomic mass is 35.5. The van der Waals surface area contributed by atoms with E-state index in [1.54, 1.807) is 13.0 Å². The average molecular weight is 308 g/mol. The smallest absolute Gasteiger partial charge is 0.242 e. The zero-order chi connectivity index (χ0) is 15.4. The molecule has 0 saturated heterocycles. The number of aromatic nitrogens is 1. The van der Waals surface area contributed by atoms with Crippen LogP contribution in [0.2, 0.25) is 5.02 Å². The molecule has 1 unspecified atom stereocenters. The molecule has 6 heteroatoms. The lowest BCUT2D eigenvalue weighted by Gasteiger charge is -2.23. The molecular weight excluding hydrogens is 290 g/mol. The van der Waals surface area contributed by atoms with Gasteiger partial charge in [-0.1, -0.05) is 28.9 Å². The number of anilines is 1. The highest BCUT2D eigenvalue weighted by Gasteiger charge is 2.19. The van der Waals surface area contributed by atoms with E-state index >= 15 is 0 Å². The van der Waals surface area contributed by atoms with Crippen LogP contribution in [0.15, 0.2) is 34.9 Å². The summed E-state index contributed by atoms with van der Waals surface area (Å²) in [7, 11) is 1.90. The van der Waals surface area contributed by atoms with Crippen molar-refractivity contribution >= 4 is 23.3 Å². The van der Waals surface area contributed by atoms with E-state index in [-0.39, 0.29) is 11.9 Å². The van der Waals surface area contributed by atoms with Gasteiger partial charge in [0.2, 0.25) is 5.91 Å². The summed E-state index contributed by atoms with van der Waals surface area (Å²) in [5, 5.41) is 7.19. The van der Waals surface area contributed by atoms with E-state index in [1.807, 2.05) is 43.1 Å². The van der Waals surface area contributed by atoms with Crippen molar-refractivity contribution in [1.82, 2.24) is 10.1 Å². The van der Waals surface area contributed by atoms with Gasteiger partial charge in [-0.3, -0.25) is 9.69 Å². The van der Waals surface area contributed by atoms with Gasteiger partial charge in [0, 0.05) is 17.6 Å². The summed E-state index contributed by atoms with van der Waals surface area (Å²) < 4.78 is 4.92. The van der Waals surface area contributed by atoms with Gasteiger partial charge in [0.05, 0.1) is 6.04 Å². The van der Waals surface area contributed by atoms with E-state index < -0.39 is 0 Å². The molecule has 0 bridgehead atoms. The lowest BCUT2D eigenvalue weighted by Crippen LogP contribution is -2.39. The third-order valence-corrected chi connectivity index (χ3v) is 3.52. The Bertz CT molecular complexity index is 610. The van der Waals surface area contributed by atoms with Crippen molar-refractivity contribution in [1.29, 1.82) is 0 Å². The second-order valence-electron chi connectivity index (χ2n) is 5.03. The summed E-state index contributed by atoms with van der Waals surface area (Å²) in [6.45, 7) is 4.28. The van der Waals surface area contributed by atoms with Crippen LogP contribution in [0.25, 0.3) is 0 Å². The fourth-order valence-electron chi connectivity index (χ4n) is 1.87. The second-order valence-corrected chi connectivity index (χ2v) is 5.47. The lowest BCUT2D eigenvalue weighted by molar-refractivity contribution is -0.120. The predicted molar refractivity (Wildman–Crippen MR) is 82.3 cm³/mol. The molecule has 1 N–H and O–H groups in total. The molecule has 1 amide bonds. The minimum atomic E-state index is -0.294. The maximum atomic E-state index is 12.2. The first-order valence-electron chi connectivity index (χ1n) is 6.64. The van der Waals surface area contributed by atoms with Crippen LogP contribution < -0.4 is 5.32 Å². The van der Waals surface area contributed by atoms with Crippen LogP contribution in [0.5, 0.6) is 0 Å². The number of likely N-dealkylation sites (N-methyl/N-ethyl adjacent to an activating group) is 1. The molecule has 0 fully saturated rings. The maximum absolute atomic E-state index is 12.2. The molecule has 0 spiro atoms. The molecule has 0 aliphatic rings. The molecular formula is C15H18ClN3O2. The number of carbonyl (C=O) groups excluding carboxylic acids is 1. The fourth-order valence-corrected chi connectivity index (χ4v) is 2.00. The Labute approximate surface area is 128 Å². The lowest BCUT2D eigenvalue weighted by atomic mass is 10.2. The standard InChI is InChI=1S/C15H18ClN3O2/c1-10-8-14(18-21-10)17-15(20)11(2)19(3)9-12-4-6-13(16)7-5-12/h4-8,11H,9H2,1-3H3,(H,17,18,20). The van der Waals surface area contributed by atoms with Gasteiger partial charge in [0.15, 0.2) is 5.82 Å². The number of benzene rings is 1. The van der Waals surface area contributed by atoms with Gasteiger partial charge in [-0.25, -0.2) is 0 Å². The average Bonchev–Trinajstić information content (AvgIpc) is 2.85. The van der Waals surface area contributed by atoms with Gasteiger partial charge in [-0.05, 0) is 38.6 Å². The van der Waals surface area contributed by atoms with Gasteiger partial charge in [0.1, 0.15) is 5.76 Å². The molecule has 1 aromatic heterocycles. The summed E-state index contributed by atoms with van der Waals surface area (Å²) in [5.41, 5.74) is 1.10. The van der Waals surface area contributed by atoms with Crippen molar-refractivity contribution in [3.05, 3.63) is 46.7 Å². The molecule has 1 heterocycles. The van der Waals surface area contributed by atoms with Crippen molar-refractivity contribution < 1.29 is 9.32 Å². The van der Waals surface area contributed by atoms with Gasteiger partial charge in [-0.15, -0.1) is 0 Å². The van der Waals surface area contributed by atoms with Crippen molar-refractivity contribution in [2.45, 2.75) is 26.4 Å². The highest BCUT2D eigenvalue weighted by Crippen LogP contribution is 2.13. The van der Waals surface area contributed by atoms with E-state index in [0.717, 1.165) is 5.56 Å². The number of carbonyl (C=O) groups is 1. The number of aryl methyl sites for hydroxylation is 1. The summed E-state index contributed by atoms with van der Waals surface area (Å²) in [5.74, 6) is 0.969. The Hall–Kier alpha value is -1.85. The highest BCUT2D eigenvalue weighted by molar-refractivity contribution is 6.30. The Morgan fingerprint density at radius 2 is 2.10 bits per heavy atom. The van der Waals surface area contributed by atoms with E-state index in [9.17, 15) is 4.79 Å². The third kappa shape index (κ3) is 4.31. The number of nitrogens with one attached hydrogen (secondary N) is 1. The zero-order valence-corrected chi connectivity index (χ0v) is 13.0. The monoisotopic (exact) mass is 307 g/mol. The molecule has 2 aromatic rings. The molecule has 5 nitrogen and oxygen atoms in total. The number of nitrogens with zero attached hydrogens (tertiary/aromatic N) is 2. The number of amides is 1. The van der Waals surface area contributed by atoms with Gasteiger partial charge in [-0.2, -0.15) is 0 Å².